The number of aromatic nitrogens is 1. The monoisotopic (exact) mass is 360 g/mol. The van der Waals surface area contributed by atoms with Crippen molar-refractivity contribution in [1.29, 1.82) is 0 Å². The molecule has 1 N–H and O–H groups in total. The van der Waals surface area contributed by atoms with Gasteiger partial charge in [0.25, 0.3) is 5.91 Å². The van der Waals surface area contributed by atoms with E-state index in [1.165, 1.54) is 16.2 Å². The summed E-state index contributed by atoms with van der Waals surface area (Å²) in [6, 6.07) is 9.69. The number of hydrogen-bond acceptors (Lipinski definition) is 5. The van der Waals surface area contributed by atoms with E-state index in [2.05, 4.69) is 4.98 Å². The van der Waals surface area contributed by atoms with E-state index >= 15 is 0 Å². The Morgan fingerprint density at radius 3 is 2.80 bits per heavy atom. The average Bonchev–Trinajstić information content (AvgIpc) is 3.29. The molecule has 1 unspecified atom stereocenters. The van der Waals surface area contributed by atoms with E-state index < -0.39 is 5.97 Å². The van der Waals surface area contributed by atoms with Crippen molar-refractivity contribution in [2.75, 3.05) is 19.7 Å². The molecule has 0 bridgehead atoms. The Morgan fingerprint density at radius 2 is 2.12 bits per heavy atom. The fourth-order valence-electron chi connectivity index (χ4n) is 2.79. The number of amides is 1. The lowest BCUT2D eigenvalue weighted by molar-refractivity contribution is -0.137. The molecule has 0 saturated carbocycles. The molecule has 2 aromatic rings. The molecule has 1 fully saturated rings. The molecule has 1 aliphatic heterocycles. The second-order valence-electron chi connectivity index (χ2n) is 5.93. The molecule has 1 aromatic heterocycles. The maximum Gasteiger partial charge on any atom is 0.323 e. The second-order valence-corrected chi connectivity index (χ2v) is 6.82. The van der Waals surface area contributed by atoms with Gasteiger partial charge in [0, 0.05) is 18.5 Å². The van der Waals surface area contributed by atoms with Crippen LogP contribution in [0.3, 0.4) is 0 Å². The third-order valence-electron chi connectivity index (χ3n) is 4.07. The first-order chi connectivity index (χ1) is 12.1. The van der Waals surface area contributed by atoms with Crippen molar-refractivity contribution >= 4 is 23.2 Å². The van der Waals surface area contributed by atoms with Crippen LogP contribution in [0.15, 0.2) is 35.7 Å². The SMILES string of the molecule is O=C(O)CN(CCc1ccccc1)C(=O)c1csc(C2CCCO2)n1. The quantitative estimate of drug-likeness (QED) is 0.821. The van der Waals surface area contributed by atoms with Crippen molar-refractivity contribution in [1.82, 2.24) is 9.88 Å². The third-order valence-corrected chi connectivity index (χ3v) is 5.01. The van der Waals surface area contributed by atoms with Crippen LogP contribution in [0.5, 0.6) is 0 Å². The van der Waals surface area contributed by atoms with E-state index in [0.29, 0.717) is 18.7 Å². The summed E-state index contributed by atoms with van der Waals surface area (Å²) in [7, 11) is 0. The van der Waals surface area contributed by atoms with Crippen LogP contribution in [-0.2, 0) is 16.0 Å². The summed E-state index contributed by atoms with van der Waals surface area (Å²) in [4.78, 5) is 29.6. The van der Waals surface area contributed by atoms with Crippen molar-refractivity contribution in [3.05, 3.63) is 52.0 Å². The first-order valence-electron chi connectivity index (χ1n) is 8.25. The molecule has 6 nitrogen and oxygen atoms in total. The lowest BCUT2D eigenvalue weighted by Crippen LogP contribution is -2.37. The number of aliphatic carboxylic acids is 1. The summed E-state index contributed by atoms with van der Waals surface area (Å²) in [5.74, 6) is -1.38. The minimum Gasteiger partial charge on any atom is -0.480 e. The Hall–Kier alpha value is -2.25. The normalized spacial score (nSPS) is 16.7. The summed E-state index contributed by atoms with van der Waals surface area (Å²) >= 11 is 1.39. The standard InChI is InChI=1S/C18H20N2O4S/c21-16(22)11-20(9-8-13-5-2-1-3-6-13)18(23)14-12-25-17(19-14)15-7-4-10-24-15/h1-3,5-6,12,15H,4,7-11H2,(H,21,22). The predicted molar refractivity (Wildman–Crippen MR) is 93.7 cm³/mol. The van der Waals surface area contributed by atoms with Gasteiger partial charge in [-0.1, -0.05) is 30.3 Å². The van der Waals surface area contributed by atoms with Crippen LogP contribution in [0.25, 0.3) is 0 Å². The van der Waals surface area contributed by atoms with Crippen molar-refractivity contribution in [2.24, 2.45) is 0 Å². The van der Waals surface area contributed by atoms with Gasteiger partial charge in [-0.05, 0) is 24.8 Å². The number of thiazole rings is 1. The molecule has 1 saturated heterocycles. The van der Waals surface area contributed by atoms with Crippen molar-refractivity contribution in [3.8, 4) is 0 Å². The maximum absolute atomic E-state index is 12.7. The number of carbonyl (C=O) groups is 2. The Balaban J connectivity index is 1.69. The van der Waals surface area contributed by atoms with Crippen LogP contribution in [0.2, 0.25) is 0 Å². The number of carbonyl (C=O) groups excluding carboxylic acids is 1. The molecule has 132 valence electrons. The van der Waals surface area contributed by atoms with Crippen molar-refractivity contribution < 1.29 is 19.4 Å². The molecule has 3 rings (SSSR count). The molecule has 1 amide bonds. The van der Waals surface area contributed by atoms with E-state index in [9.17, 15) is 9.59 Å². The highest BCUT2D eigenvalue weighted by molar-refractivity contribution is 7.09. The van der Waals surface area contributed by atoms with E-state index in [-0.39, 0.29) is 18.6 Å². The lowest BCUT2D eigenvalue weighted by atomic mass is 10.1. The zero-order valence-electron chi connectivity index (χ0n) is 13.8. The van der Waals surface area contributed by atoms with Gasteiger partial charge in [-0.2, -0.15) is 0 Å². The van der Waals surface area contributed by atoms with Gasteiger partial charge in [-0.25, -0.2) is 4.98 Å². The molecular weight excluding hydrogens is 340 g/mol. The van der Waals surface area contributed by atoms with E-state index in [1.807, 2.05) is 30.3 Å². The Labute approximate surface area is 150 Å². The zero-order valence-corrected chi connectivity index (χ0v) is 14.6. The van der Waals surface area contributed by atoms with Gasteiger partial charge in [0.15, 0.2) is 0 Å². The van der Waals surface area contributed by atoms with Gasteiger partial charge in [0.1, 0.15) is 23.4 Å². The Kier molecular flexibility index (Phi) is 5.78. The van der Waals surface area contributed by atoms with Gasteiger partial charge in [-0.15, -0.1) is 11.3 Å². The highest BCUT2D eigenvalue weighted by atomic mass is 32.1. The lowest BCUT2D eigenvalue weighted by Gasteiger charge is -2.19. The van der Waals surface area contributed by atoms with Gasteiger partial charge in [0.05, 0.1) is 0 Å². The van der Waals surface area contributed by atoms with Crippen LogP contribution in [0.4, 0.5) is 0 Å². The first-order valence-corrected chi connectivity index (χ1v) is 9.13. The number of rotatable bonds is 7. The van der Waals surface area contributed by atoms with Crippen molar-refractivity contribution in [3.63, 3.8) is 0 Å². The molecule has 7 heteroatoms. The predicted octanol–water partition coefficient (Wildman–Crippen LogP) is 2.76. The average molecular weight is 360 g/mol. The van der Waals surface area contributed by atoms with Crippen LogP contribution in [0, 0.1) is 0 Å². The van der Waals surface area contributed by atoms with Crippen LogP contribution in [0.1, 0.15) is 40.0 Å². The van der Waals surface area contributed by atoms with Gasteiger partial charge < -0.3 is 14.7 Å². The van der Waals surface area contributed by atoms with E-state index in [0.717, 1.165) is 30.0 Å². The number of carboxylic acids is 1. The van der Waals surface area contributed by atoms with E-state index in [4.69, 9.17) is 9.84 Å². The Bertz CT molecular complexity index is 726. The minimum atomic E-state index is -1.03. The fraction of sp³-hybridized carbons (Fsp3) is 0.389. The van der Waals surface area contributed by atoms with Crippen LogP contribution < -0.4 is 0 Å². The molecular formula is C18H20N2O4S. The number of nitrogens with zero attached hydrogens (tertiary/aromatic N) is 2. The smallest absolute Gasteiger partial charge is 0.323 e. The molecule has 1 aromatic carbocycles. The van der Waals surface area contributed by atoms with Crippen molar-refractivity contribution in [2.45, 2.75) is 25.4 Å². The maximum atomic E-state index is 12.7. The van der Waals surface area contributed by atoms with Crippen LogP contribution in [-0.4, -0.2) is 46.6 Å². The highest BCUT2D eigenvalue weighted by Gasteiger charge is 2.25. The number of hydrogen-bond donors (Lipinski definition) is 1. The number of carboxylic acid groups (broad SMARTS) is 1. The van der Waals surface area contributed by atoms with Gasteiger partial charge in [-0.3, -0.25) is 9.59 Å². The summed E-state index contributed by atoms with van der Waals surface area (Å²) < 4.78 is 5.59. The molecule has 25 heavy (non-hydrogen) atoms. The summed E-state index contributed by atoms with van der Waals surface area (Å²) in [6.45, 7) is 0.718. The second kappa shape index (κ2) is 8.22. The summed E-state index contributed by atoms with van der Waals surface area (Å²) in [5, 5.41) is 11.6. The molecule has 1 aliphatic rings. The summed E-state index contributed by atoms with van der Waals surface area (Å²) in [5.41, 5.74) is 1.36. The van der Waals surface area contributed by atoms with E-state index in [1.54, 1.807) is 5.38 Å². The molecule has 2 heterocycles. The topological polar surface area (TPSA) is 79.7 Å². The molecule has 0 spiro atoms. The van der Waals surface area contributed by atoms with Gasteiger partial charge >= 0.3 is 5.97 Å². The first kappa shape index (κ1) is 17.6. The zero-order chi connectivity index (χ0) is 17.6. The number of benzene rings is 1. The molecule has 1 atom stereocenters. The molecule has 0 radical (unpaired) electrons. The number of ether oxygens (including phenoxy) is 1. The fourth-order valence-corrected chi connectivity index (χ4v) is 3.67. The Morgan fingerprint density at radius 1 is 1.32 bits per heavy atom. The molecule has 0 aliphatic carbocycles. The van der Waals surface area contributed by atoms with Crippen LogP contribution >= 0.6 is 11.3 Å². The van der Waals surface area contributed by atoms with Gasteiger partial charge in [0.2, 0.25) is 0 Å². The summed E-state index contributed by atoms with van der Waals surface area (Å²) in [6.07, 6.45) is 2.47. The highest BCUT2D eigenvalue weighted by Crippen LogP contribution is 2.30. The third kappa shape index (κ3) is 4.64. The largest absolute Gasteiger partial charge is 0.480 e. The minimum absolute atomic E-state index is 0.0382.